The van der Waals surface area contributed by atoms with Crippen molar-refractivity contribution >= 4 is 0 Å². The average molecular weight is 388 g/mol. The predicted octanol–water partition coefficient (Wildman–Crippen LogP) is 4.50. The molecule has 0 saturated carbocycles. The summed E-state index contributed by atoms with van der Waals surface area (Å²) < 4.78 is 1.54. The predicted molar refractivity (Wildman–Crippen MR) is 115 cm³/mol. The first-order valence-electron chi connectivity index (χ1n) is 9.36. The van der Waals surface area contributed by atoms with E-state index in [-0.39, 0.29) is 12.0 Å². The zero-order valence-corrected chi connectivity index (χ0v) is 16.0. The van der Waals surface area contributed by atoms with Crippen LogP contribution in [0.1, 0.15) is 11.1 Å². The van der Waals surface area contributed by atoms with Crippen LogP contribution in [0.5, 0.6) is 0 Å². The lowest BCUT2D eigenvalue weighted by Gasteiger charge is -2.15. The number of para-hydroxylation sites is 1. The molecule has 0 bridgehead atoms. The maximum Gasteiger partial charge on any atom is 0.263 e. The van der Waals surface area contributed by atoms with Crippen LogP contribution in [0.4, 0.5) is 0 Å². The second-order valence-electron chi connectivity index (χ2n) is 6.65. The van der Waals surface area contributed by atoms with Crippen LogP contribution in [0.2, 0.25) is 0 Å². The van der Waals surface area contributed by atoms with Crippen LogP contribution in [0.15, 0.2) is 90.0 Å². The van der Waals surface area contributed by atoms with E-state index in [1.807, 2.05) is 42.5 Å². The maximum absolute atomic E-state index is 13.5. The third-order valence-corrected chi connectivity index (χ3v) is 4.84. The lowest BCUT2D eigenvalue weighted by molar-refractivity contribution is 0.972. The minimum Gasteiger partial charge on any atom is -0.283 e. The Morgan fingerprint density at radius 1 is 0.900 bits per heavy atom. The molecule has 0 N–H and O–H groups in total. The second-order valence-corrected chi connectivity index (χ2v) is 6.65. The molecule has 5 heteroatoms. The van der Waals surface area contributed by atoms with Gasteiger partial charge in [-0.25, -0.2) is 0 Å². The Hall–Kier alpha value is -4.48. The molecule has 2 aromatic heterocycles. The summed E-state index contributed by atoms with van der Waals surface area (Å²) >= 11 is 0. The molecule has 0 amide bonds. The Bertz CT molecular complexity index is 1360. The first-order valence-corrected chi connectivity index (χ1v) is 9.36. The van der Waals surface area contributed by atoms with Crippen LogP contribution < -0.4 is 5.56 Å². The van der Waals surface area contributed by atoms with Gasteiger partial charge in [-0.05, 0) is 35.9 Å². The Labute approximate surface area is 173 Å². The molecule has 2 heterocycles. The molecule has 0 unspecified atom stereocenters. The van der Waals surface area contributed by atoms with Crippen LogP contribution in [-0.4, -0.2) is 9.55 Å². The Morgan fingerprint density at radius 2 is 1.67 bits per heavy atom. The SMILES string of the molecule is N#CCc1ccccc1-n1cc(-c2ccccn2)cc(-c2ccccc2C#N)c1=O. The third-order valence-electron chi connectivity index (χ3n) is 4.84. The highest BCUT2D eigenvalue weighted by Gasteiger charge is 2.16. The average Bonchev–Trinajstić information content (AvgIpc) is 2.80. The molecule has 0 saturated heterocycles. The molecule has 0 aliphatic heterocycles. The molecule has 0 radical (unpaired) electrons. The molecular weight excluding hydrogens is 372 g/mol. The fourth-order valence-electron chi connectivity index (χ4n) is 3.42. The van der Waals surface area contributed by atoms with Gasteiger partial charge in [-0.1, -0.05) is 42.5 Å². The zero-order chi connectivity index (χ0) is 20.9. The van der Waals surface area contributed by atoms with Gasteiger partial charge >= 0.3 is 0 Å². The van der Waals surface area contributed by atoms with Crippen molar-refractivity contribution in [1.82, 2.24) is 9.55 Å². The van der Waals surface area contributed by atoms with Crippen LogP contribution in [0, 0.1) is 22.7 Å². The summed E-state index contributed by atoms with van der Waals surface area (Å²) in [4.78, 5) is 17.9. The Balaban J connectivity index is 2.06. The van der Waals surface area contributed by atoms with E-state index in [0.29, 0.717) is 28.1 Å². The van der Waals surface area contributed by atoms with Gasteiger partial charge in [0.15, 0.2) is 0 Å². The monoisotopic (exact) mass is 388 g/mol. The van der Waals surface area contributed by atoms with E-state index in [2.05, 4.69) is 17.1 Å². The highest BCUT2D eigenvalue weighted by atomic mass is 16.1. The van der Waals surface area contributed by atoms with Gasteiger partial charge < -0.3 is 0 Å². The number of nitriles is 2. The minimum absolute atomic E-state index is 0.181. The summed E-state index contributed by atoms with van der Waals surface area (Å²) in [6, 6.07) is 26.0. The number of aromatic nitrogens is 2. The molecule has 4 aromatic rings. The first-order chi connectivity index (χ1) is 14.7. The van der Waals surface area contributed by atoms with E-state index in [9.17, 15) is 15.3 Å². The summed E-state index contributed by atoms with van der Waals surface area (Å²) in [6.07, 6.45) is 3.61. The fourth-order valence-corrected chi connectivity index (χ4v) is 3.42. The smallest absolute Gasteiger partial charge is 0.263 e. The summed E-state index contributed by atoms with van der Waals surface area (Å²) in [6.45, 7) is 0. The molecule has 5 nitrogen and oxygen atoms in total. The summed E-state index contributed by atoms with van der Waals surface area (Å²) in [7, 11) is 0. The molecule has 0 atom stereocenters. The van der Waals surface area contributed by atoms with Gasteiger partial charge in [0.25, 0.3) is 5.56 Å². The quantitative estimate of drug-likeness (QED) is 0.515. The van der Waals surface area contributed by atoms with Crippen LogP contribution in [0.3, 0.4) is 0 Å². The second kappa shape index (κ2) is 8.26. The molecular formula is C25H16N4O. The van der Waals surface area contributed by atoms with Crippen molar-refractivity contribution in [1.29, 1.82) is 10.5 Å². The number of hydrogen-bond acceptors (Lipinski definition) is 4. The fraction of sp³-hybridized carbons (Fsp3) is 0.0400. The number of nitrogens with zero attached hydrogens (tertiary/aromatic N) is 4. The van der Waals surface area contributed by atoms with Gasteiger partial charge in [-0.2, -0.15) is 10.5 Å². The van der Waals surface area contributed by atoms with Crippen molar-refractivity contribution in [3.05, 3.63) is 107 Å². The van der Waals surface area contributed by atoms with Crippen molar-refractivity contribution < 1.29 is 0 Å². The van der Waals surface area contributed by atoms with Crippen LogP contribution in [0.25, 0.3) is 28.1 Å². The third kappa shape index (κ3) is 3.48. The number of rotatable bonds is 4. The van der Waals surface area contributed by atoms with Crippen LogP contribution in [-0.2, 0) is 6.42 Å². The molecule has 0 spiro atoms. The highest BCUT2D eigenvalue weighted by molar-refractivity contribution is 5.75. The Kier molecular flexibility index (Phi) is 5.19. The van der Waals surface area contributed by atoms with Crippen molar-refractivity contribution in [3.8, 4) is 40.2 Å². The van der Waals surface area contributed by atoms with E-state index >= 15 is 0 Å². The van der Waals surface area contributed by atoms with Crippen molar-refractivity contribution in [3.63, 3.8) is 0 Å². The molecule has 4 rings (SSSR count). The minimum atomic E-state index is -0.261. The van der Waals surface area contributed by atoms with Gasteiger partial charge in [0.1, 0.15) is 0 Å². The molecule has 2 aromatic carbocycles. The molecule has 0 fully saturated rings. The molecule has 0 aliphatic rings. The van der Waals surface area contributed by atoms with Crippen molar-refractivity contribution in [2.75, 3.05) is 0 Å². The summed E-state index contributed by atoms with van der Waals surface area (Å²) in [5.41, 5.74) is 3.96. The first kappa shape index (κ1) is 18.9. The standard InChI is InChI=1S/C25H16N4O/c26-13-12-18-7-2-4-11-24(18)29-17-20(23-10-5-6-14-28-23)15-22(25(29)30)21-9-3-1-8-19(21)16-27/h1-11,14-15,17H,12H2. The number of hydrogen-bond donors (Lipinski definition) is 0. The van der Waals surface area contributed by atoms with Gasteiger partial charge in [0.05, 0.1) is 35.5 Å². The molecule has 30 heavy (non-hydrogen) atoms. The van der Waals surface area contributed by atoms with Gasteiger partial charge in [0.2, 0.25) is 0 Å². The largest absolute Gasteiger partial charge is 0.283 e. The summed E-state index contributed by atoms with van der Waals surface area (Å²) in [5, 5.41) is 18.8. The van der Waals surface area contributed by atoms with E-state index in [4.69, 9.17) is 0 Å². The van der Waals surface area contributed by atoms with Gasteiger partial charge in [-0.3, -0.25) is 14.3 Å². The highest BCUT2D eigenvalue weighted by Crippen LogP contribution is 2.26. The Morgan fingerprint density at radius 3 is 2.43 bits per heavy atom. The normalized spacial score (nSPS) is 10.2. The van der Waals surface area contributed by atoms with E-state index < -0.39 is 0 Å². The van der Waals surface area contributed by atoms with E-state index in [1.165, 1.54) is 0 Å². The summed E-state index contributed by atoms with van der Waals surface area (Å²) in [5.74, 6) is 0. The van der Waals surface area contributed by atoms with Crippen molar-refractivity contribution in [2.24, 2.45) is 0 Å². The molecule has 142 valence electrons. The van der Waals surface area contributed by atoms with Gasteiger partial charge in [-0.15, -0.1) is 0 Å². The van der Waals surface area contributed by atoms with Gasteiger partial charge in [0, 0.05) is 29.1 Å². The number of pyridine rings is 2. The van der Waals surface area contributed by atoms with Crippen molar-refractivity contribution in [2.45, 2.75) is 6.42 Å². The lowest BCUT2D eigenvalue weighted by atomic mass is 9.99. The topological polar surface area (TPSA) is 82.5 Å². The van der Waals surface area contributed by atoms with Crippen LogP contribution >= 0.6 is 0 Å². The maximum atomic E-state index is 13.5. The van der Waals surface area contributed by atoms with E-state index in [0.717, 1.165) is 11.1 Å². The van der Waals surface area contributed by atoms with E-state index in [1.54, 1.807) is 47.3 Å². The lowest BCUT2D eigenvalue weighted by Crippen LogP contribution is -2.21. The number of benzene rings is 2. The molecule has 0 aliphatic carbocycles. The zero-order valence-electron chi connectivity index (χ0n) is 16.0.